The normalized spacial score (nSPS) is 12.6. The Hall–Kier alpha value is -1.59. The Bertz CT molecular complexity index is 826. The third kappa shape index (κ3) is 40.1. The van der Waals surface area contributed by atoms with Crippen LogP contribution >= 0.6 is 0 Å². The minimum absolute atomic E-state index is 0.0653. The Morgan fingerprint density at radius 1 is 0.389 bits per heavy atom. The van der Waals surface area contributed by atoms with Gasteiger partial charge in [0.05, 0.1) is 0 Å². The van der Waals surface area contributed by atoms with Crippen molar-refractivity contribution in [2.75, 3.05) is 13.2 Å². The quantitative estimate of drug-likeness (QED) is 0.0350. The summed E-state index contributed by atoms with van der Waals surface area (Å²) in [7, 11) is 0. The van der Waals surface area contributed by atoms with Crippen molar-refractivity contribution in [3.8, 4) is 0 Å². The van der Waals surface area contributed by atoms with Crippen molar-refractivity contribution in [1.82, 2.24) is 0 Å². The molecule has 0 N–H and O–H groups in total. The summed E-state index contributed by atoms with van der Waals surface area (Å²) in [6, 6.07) is 0. The van der Waals surface area contributed by atoms with Gasteiger partial charge in [-0.2, -0.15) is 0 Å². The number of hydrogen-bond acceptors (Lipinski definition) is 6. The van der Waals surface area contributed by atoms with Gasteiger partial charge in [-0.15, -0.1) is 0 Å². The molecule has 54 heavy (non-hydrogen) atoms. The second-order valence-electron chi connectivity index (χ2n) is 17.1. The van der Waals surface area contributed by atoms with Gasteiger partial charge in [0.2, 0.25) is 0 Å². The van der Waals surface area contributed by atoms with E-state index in [9.17, 15) is 14.4 Å². The SMILES string of the molecule is CCCCCCCCCCCC(=O)OC[C@H](COC(=O)CCCCCCCCCCCCCCCCC(C)C)OC(=O)CCCCCCCCC(C)CC. The third-order valence-corrected chi connectivity index (χ3v) is 11.1. The van der Waals surface area contributed by atoms with Gasteiger partial charge in [0.1, 0.15) is 13.2 Å². The zero-order valence-corrected chi connectivity index (χ0v) is 36.8. The van der Waals surface area contributed by atoms with Crippen molar-refractivity contribution >= 4 is 17.9 Å². The van der Waals surface area contributed by atoms with Gasteiger partial charge in [-0.05, 0) is 31.1 Å². The molecule has 0 radical (unpaired) electrons. The van der Waals surface area contributed by atoms with Crippen LogP contribution in [0.2, 0.25) is 0 Å². The lowest BCUT2D eigenvalue weighted by molar-refractivity contribution is -0.167. The van der Waals surface area contributed by atoms with E-state index in [4.69, 9.17) is 14.2 Å². The standard InChI is InChI=1S/C48H92O6/c1-6-8-9-10-11-18-22-28-33-38-46(49)52-41-45(54-48(51)40-35-30-25-24-27-32-37-44(5)7-2)42-53-47(50)39-34-29-23-20-17-15-13-12-14-16-19-21-26-31-36-43(3)4/h43-45H,6-42H2,1-5H3/t44?,45-/m1/s1. The van der Waals surface area contributed by atoms with Gasteiger partial charge < -0.3 is 14.2 Å². The van der Waals surface area contributed by atoms with Crippen molar-refractivity contribution in [1.29, 1.82) is 0 Å². The summed E-state index contributed by atoms with van der Waals surface area (Å²) in [5.41, 5.74) is 0. The summed E-state index contributed by atoms with van der Waals surface area (Å²) in [4.78, 5) is 37.7. The van der Waals surface area contributed by atoms with Gasteiger partial charge in [-0.1, -0.05) is 221 Å². The van der Waals surface area contributed by atoms with Gasteiger partial charge >= 0.3 is 17.9 Å². The van der Waals surface area contributed by atoms with Crippen molar-refractivity contribution in [3.63, 3.8) is 0 Å². The molecule has 1 unspecified atom stereocenters. The number of carbonyl (C=O) groups is 3. The average molecular weight is 765 g/mol. The molecule has 0 fully saturated rings. The van der Waals surface area contributed by atoms with Crippen LogP contribution in [0.1, 0.15) is 259 Å². The number of rotatable bonds is 42. The Labute approximate surface area is 336 Å². The van der Waals surface area contributed by atoms with Crippen LogP contribution in [0.5, 0.6) is 0 Å². The first-order valence-electron chi connectivity index (χ1n) is 23.8. The van der Waals surface area contributed by atoms with Crippen molar-refractivity contribution in [3.05, 3.63) is 0 Å². The van der Waals surface area contributed by atoms with Gasteiger partial charge in [0.25, 0.3) is 0 Å². The minimum atomic E-state index is -0.760. The lowest BCUT2D eigenvalue weighted by Crippen LogP contribution is -2.30. The molecule has 0 saturated heterocycles. The number of ether oxygens (including phenoxy) is 3. The largest absolute Gasteiger partial charge is 0.462 e. The monoisotopic (exact) mass is 765 g/mol. The van der Waals surface area contributed by atoms with Crippen LogP contribution in [0.4, 0.5) is 0 Å². The van der Waals surface area contributed by atoms with Gasteiger partial charge in [0, 0.05) is 19.3 Å². The topological polar surface area (TPSA) is 78.9 Å². The molecule has 320 valence electrons. The maximum Gasteiger partial charge on any atom is 0.306 e. The van der Waals surface area contributed by atoms with E-state index >= 15 is 0 Å². The van der Waals surface area contributed by atoms with E-state index < -0.39 is 6.10 Å². The Morgan fingerprint density at radius 2 is 0.704 bits per heavy atom. The van der Waals surface area contributed by atoms with Crippen LogP contribution in [0, 0.1) is 11.8 Å². The number of unbranched alkanes of at least 4 members (excludes halogenated alkanes) is 26. The van der Waals surface area contributed by atoms with Gasteiger partial charge in [-0.3, -0.25) is 14.4 Å². The van der Waals surface area contributed by atoms with Crippen LogP contribution in [-0.2, 0) is 28.6 Å². The third-order valence-electron chi connectivity index (χ3n) is 11.1. The molecule has 0 aromatic rings. The zero-order chi connectivity index (χ0) is 39.7. The molecule has 0 aliphatic heterocycles. The van der Waals surface area contributed by atoms with Gasteiger partial charge in [-0.25, -0.2) is 0 Å². The molecule has 0 saturated carbocycles. The fourth-order valence-electron chi connectivity index (χ4n) is 7.07. The fraction of sp³-hybridized carbons (Fsp3) is 0.938. The molecule has 0 aromatic carbocycles. The van der Waals surface area contributed by atoms with Gasteiger partial charge in [0.15, 0.2) is 6.10 Å². The molecule has 2 atom stereocenters. The lowest BCUT2D eigenvalue weighted by atomic mass is 10.00. The van der Waals surface area contributed by atoms with Crippen LogP contribution in [0.15, 0.2) is 0 Å². The number of carbonyl (C=O) groups excluding carboxylic acids is 3. The number of esters is 3. The second-order valence-corrected chi connectivity index (χ2v) is 17.1. The summed E-state index contributed by atoms with van der Waals surface area (Å²) in [5, 5.41) is 0. The summed E-state index contributed by atoms with van der Waals surface area (Å²) >= 11 is 0. The van der Waals surface area contributed by atoms with E-state index in [1.54, 1.807) is 0 Å². The summed E-state index contributed by atoms with van der Waals surface area (Å²) in [6.07, 6.45) is 39.5. The molecular weight excluding hydrogens is 673 g/mol. The highest BCUT2D eigenvalue weighted by Gasteiger charge is 2.19. The number of hydrogen-bond donors (Lipinski definition) is 0. The Kier molecular flexibility index (Phi) is 39.8. The van der Waals surface area contributed by atoms with Crippen molar-refractivity contribution in [2.45, 2.75) is 265 Å². The van der Waals surface area contributed by atoms with Crippen LogP contribution < -0.4 is 0 Å². The summed E-state index contributed by atoms with van der Waals surface area (Å²) < 4.78 is 16.7. The average Bonchev–Trinajstić information content (AvgIpc) is 3.15. The van der Waals surface area contributed by atoms with E-state index in [2.05, 4.69) is 34.6 Å². The zero-order valence-electron chi connectivity index (χ0n) is 36.8. The fourth-order valence-corrected chi connectivity index (χ4v) is 7.07. The van der Waals surface area contributed by atoms with Crippen LogP contribution in [-0.4, -0.2) is 37.2 Å². The first-order chi connectivity index (χ1) is 26.3. The smallest absolute Gasteiger partial charge is 0.306 e. The molecule has 0 aliphatic rings. The summed E-state index contributed by atoms with van der Waals surface area (Å²) in [6.45, 7) is 11.3. The molecule has 0 heterocycles. The molecule has 0 aromatic heterocycles. The van der Waals surface area contributed by atoms with Crippen molar-refractivity contribution < 1.29 is 28.6 Å². The predicted molar refractivity (Wildman–Crippen MR) is 229 cm³/mol. The molecule has 0 amide bonds. The minimum Gasteiger partial charge on any atom is -0.462 e. The molecule has 6 nitrogen and oxygen atoms in total. The maximum atomic E-state index is 12.7. The van der Waals surface area contributed by atoms with E-state index in [0.29, 0.717) is 19.3 Å². The molecule has 0 bridgehead atoms. The van der Waals surface area contributed by atoms with Crippen LogP contribution in [0.3, 0.4) is 0 Å². The van der Waals surface area contributed by atoms with E-state index in [0.717, 1.165) is 69.6 Å². The molecule has 0 spiro atoms. The molecule has 0 aliphatic carbocycles. The van der Waals surface area contributed by atoms with E-state index in [1.807, 2.05) is 0 Å². The lowest BCUT2D eigenvalue weighted by Gasteiger charge is -2.18. The highest BCUT2D eigenvalue weighted by atomic mass is 16.6. The molecule has 0 rings (SSSR count). The molecular formula is C48H92O6. The first-order valence-corrected chi connectivity index (χ1v) is 23.8. The molecule has 6 heteroatoms. The maximum absolute atomic E-state index is 12.7. The second kappa shape index (κ2) is 41.1. The Balaban J connectivity index is 4.25. The highest BCUT2D eigenvalue weighted by molar-refractivity contribution is 5.71. The summed E-state index contributed by atoms with van der Waals surface area (Å²) in [5.74, 6) is 0.795. The first kappa shape index (κ1) is 52.4. The van der Waals surface area contributed by atoms with Crippen molar-refractivity contribution in [2.24, 2.45) is 11.8 Å². The van der Waals surface area contributed by atoms with E-state index in [-0.39, 0.29) is 31.1 Å². The highest BCUT2D eigenvalue weighted by Crippen LogP contribution is 2.17. The van der Waals surface area contributed by atoms with E-state index in [1.165, 1.54) is 148 Å². The Morgan fingerprint density at radius 3 is 1.06 bits per heavy atom. The predicted octanol–water partition coefficient (Wildman–Crippen LogP) is 15.0. The van der Waals surface area contributed by atoms with Crippen LogP contribution in [0.25, 0.3) is 0 Å².